The van der Waals surface area contributed by atoms with Crippen molar-refractivity contribution in [3.8, 4) is 5.75 Å². The Labute approximate surface area is 169 Å². The van der Waals surface area contributed by atoms with Gasteiger partial charge in [0.25, 0.3) is 0 Å². The molecule has 1 aromatic rings. The highest BCUT2D eigenvalue weighted by Crippen LogP contribution is 2.46. The van der Waals surface area contributed by atoms with Crippen LogP contribution in [0.2, 0.25) is 0 Å². The second-order valence-electron chi connectivity index (χ2n) is 8.80. The van der Waals surface area contributed by atoms with Crippen LogP contribution >= 0.6 is 12.4 Å². The minimum atomic E-state index is -0.366. The van der Waals surface area contributed by atoms with Crippen LogP contribution in [-0.2, 0) is 10.2 Å². The van der Waals surface area contributed by atoms with Crippen LogP contribution in [0.3, 0.4) is 0 Å². The maximum absolute atomic E-state index is 13.4. The third-order valence-corrected chi connectivity index (χ3v) is 7.28. The molecule has 0 radical (unpaired) electrons. The molecule has 0 saturated heterocycles. The fourth-order valence-corrected chi connectivity index (χ4v) is 5.61. The SMILES string of the molecule is COc1cc(C2(C(=O)NC3C4CCCC3CC(N)C4)CCC2)ccc1C.Cl. The Morgan fingerprint density at radius 2 is 1.85 bits per heavy atom. The van der Waals surface area contributed by atoms with E-state index in [9.17, 15) is 4.79 Å². The Kier molecular flexibility index (Phi) is 6.07. The molecule has 4 nitrogen and oxygen atoms in total. The summed E-state index contributed by atoms with van der Waals surface area (Å²) in [5, 5.41) is 3.50. The lowest BCUT2D eigenvalue weighted by molar-refractivity contribution is -0.132. The van der Waals surface area contributed by atoms with Crippen LogP contribution < -0.4 is 15.8 Å². The predicted molar refractivity (Wildman–Crippen MR) is 110 cm³/mol. The van der Waals surface area contributed by atoms with Crippen molar-refractivity contribution in [1.82, 2.24) is 5.32 Å². The Balaban J connectivity index is 0.00000210. The van der Waals surface area contributed by atoms with Gasteiger partial charge in [-0.15, -0.1) is 12.4 Å². The lowest BCUT2D eigenvalue weighted by Gasteiger charge is -2.48. The molecule has 5 heteroatoms. The molecule has 0 aromatic heterocycles. The predicted octanol–water partition coefficient (Wildman–Crippen LogP) is 3.87. The van der Waals surface area contributed by atoms with Crippen LogP contribution in [0.5, 0.6) is 5.75 Å². The second kappa shape index (κ2) is 8.00. The fourth-order valence-electron chi connectivity index (χ4n) is 5.61. The summed E-state index contributed by atoms with van der Waals surface area (Å²) >= 11 is 0. The number of methoxy groups -OCH3 is 1. The lowest BCUT2D eigenvalue weighted by atomic mass is 9.62. The molecular formula is C22H33ClN2O2. The highest BCUT2D eigenvalue weighted by Gasteiger charge is 2.48. The Morgan fingerprint density at radius 3 is 2.41 bits per heavy atom. The van der Waals surface area contributed by atoms with E-state index in [0.29, 0.717) is 23.9 Å². The molecule has 2 unspecified atom stereocenters. The molecule has 2 bridgehead atoms. The van der Waals surface area contributed by atoms with Crippen molar-refractivity contribution in [2.75, 3.05) is 7.11 Å². The molecule has 0 spiro atoms. The normalized spacial score (nSPS) is 31.2. The molecule has 1 amide bonds. The molecule has 0 aliphatic heterocycles. The maximum Gasteiger partial charge on any atom is 0.230 e. The van der Waals surface area contributed by atoms with Gasteiger partial charge in [-0.1, -0.05) is 25.0 Å². The van der Waals surface area contributed by atoms with E-state index in [1.807, 2.05) is 6.92 Å². The smallest absolute Gasteiger partial charge is 0.230 e. The molecule has 27 heavy (non-hydrogen) atoms. The number of carbonyl (C=O) groups excluding carboxylic acids is 1. The first-order chi connectivity index (χ1) is 12.5. The summed E-state index contributed by atoms with van der Waals surface area (Å²) in [5.74, 6) is 2.23. The highest BCUT2D eigenvalue weighted by molar-refractivity contribution is 5.89. The second-order valence-corrected chi connectivity index (χ2v) is 8.80. The van der Waals surface area contributed by atoms with Crippen LogP contribution in [0.25, 0.3) is 0 Å². The highest BCUT2D eigenvalue weighted by atomic mass is 35.5. The number of fused-ring (bicyclic) bond motifs is 2. The molecule has 3 fully saturated rings. The van der Waals surface area contributed by atoms with Crippen LogP contribution in [0.1, 0.15) is 62.5 Å². The number of carbonyl (C=O) groups is 1. The zero-order valence-corrected chi connectivity index (χ0v) is 17.3. The number of hydrogen-bond donors (Lipinski definition) is 2. The van der Waals surface area contributed by atoms with Crippen molar-refractivity contribution < 1.29 is 9.53 Å². The summed E-state index contributed by atoms with van der Waals surface area (Å²) in [6.45, 7) is 2.04. The molecule has 3 aliphatic carbocycles. The van der Waals surface area contributed by atoms with Crippen LogP contribution in [0, 0.1) is 18.8 Å². The van der Waals surface area contributed by atoms with Crippen molar-refractivity contribution in [3.05, 3.63) is 29.3 Å². The number of hydrogen-bond acceptors (Lipinski definition) is 3. The van der Waals surface area contributed by atoms with Gasteiger partial charge in [-0.05, 0) is 74.5 Å². The van der Waals surface area contributed by atoms with E-state index in [-0.39, 0.29) is 23.7 Å². The van der Waals surface area contributed by atoms with Crippen molar-refractivity contribution in [1.29, 1.82) is 0 Å². The first-order valence-corrected chi connectivity index (χ1v) is 10.2. The monoisotopic (exact) mass is 392 g/mol. The molecule has 2 atom stereocenters. The van der Waals surface area contributed by atoms with Gasteiger partial charge >= 0.3 is 0 Å². The summed E-state index contributed by atoms with van der Waals surface area (Å²) < 4.78 is 5.51. The third-order valence-electron chi connectivity index (χ3n) is 7.28. The van der Waals surface area contributed by atoms with Gasteiger partial charge in [-0.3, -0.25) is 4.79 Å². The van der Waals surface area contributed by atoms with Gasteiger partial charge in [0.05, 0.1) is 12.5 Å². The van der Waals surface area contributed by atoms with Crippen molar-refractivity contribution in [2.24, 2.45) is 17.6 Å². The van der Waals surface area contributed by atoms with E-state index in [1.165, 1.54) is 19.3 Å². The standard InChI is InChI=1S/C22H32N2O2.ClH/c1-14-7-8-17(13-19(14)26-2)22(9-4-10-22)21(25)24-20-15-5-3-6-16(20)12-18(23)11-15;/h7-8,13,15-16,18,20H,3-6,9-12,23H2,1-2H3,(H,24,25);1H. The molecule has 3 aliphatic rings. The van der Waals surface area contributed by atoms with Crippen molar-refractivity contribution in [2.45, 2.75) is 75.8 Å². The van der Waals surface area contributed by atoms with Gasteiger partial charge in [-0.2, -0.15) is 0 Å². The number of halogens is 1. The molecule has 4 rings (SSSR count). The number of amides is 1. The molecule has 1 aromatic carbocycles. The van der Waals surface area contributed by atoms with E-state index in [2.05, 4.69) is 23.5 Å². The van der Waals surface area contributed by atoms with Gasteiger partial charge in [0.1, 0.15) is 5.75 Å². The fraction of sp³-hybridized carbons (Fsp3) is 0.682. The summed E-state index contributed by atoms with van der Waals surface area (Å²) in [6, 6.07) is 6.91. The number of nitrogens with two attached hydrogens (primary N) is 1. The van der Waals surface area contributed by atoms with Crippen LogP contribution in [-0.4, -0.2) is 25.1 Å². The van der Waals surface area contributed by atoms with Crippen LogP contribution in [0.15, 0.2) is 18.2 Å². The average molecular weight is 393 g/mol. The van der Waals surface area contributed by atoms with Gasteiger partial charge in [0.15, 0.2) is 0 Å². The van der Waals surface area contributed by atoms with Gasteiger partial charge < -0.3 is 15.8 Å². The molecule has 3 saturated carbocycles. The largest absolute Gasteiger partial charge is 0.496 e. The zero-order chi connectivity index (χ0) is 18.3. The van der Waals surface area contributed by atoms with Crippen molar-refractivity contribution >= 4 is 18.3 Å². The number of rotatable bonds is 4. The average Bonchev–Trinajstić information content (AvgIpc) is 2.56. The summed E-state index contributed by atoms with van der Waals surface area (Å²) in [6.07, 6.45) is 8.82. The minimum absolute atomic E-state index is 0. The van der Waals surface area contributed by atoms with E-state index in [0.717, 1.165) is 49.0 Å². The van der Waals surface area contributed by atoms with Gasteiger partial charge in [0.2, 0.25) is 5.91 Å². The van der Waals surface area contributed by atoms with Crippen LogP contribution in [0.4, 0.5) is 0 Å². The number of ether oxygens (including phenoxy) is 1. The van der Waals surface area contributed by atoms with Gasteiger partial charge in [-0.25, -0.2) is 0 Å². The number of aryl methyl sites for hydroxylation is 1. The molecule has 3 N–H and O–H groups in total. The maximum atomic E-state index is 13.4. The summed E-state index contributed by atoms with van der Waals surface area (Å²) in [5.41, 5.74) is 8.11. The van der Waals surface area contributed by atoms with Gasteiger partial charge in [0, 0.05) is 12.1 Å². The number of benzene rings is 1. The Morgan fingerprint density at radius 1 is 1.19 bits per heavy atom. The quantitative estimate of drug-likeness (QED) is 0.817. The van der Waals surface area contributed by atoms with Crippen molar-refractivity contribution in [3.63, 3.8) is 0 Å². The first-order valence-electron chi connectivity index (χ1n) is 10.2. The Hall–Kier alpha value is -1.26. The van der Waals surface area contributed by atoms with E-state index < -0.39 is 0 Å². The molecule has 150 valence electrons. The minimum Gasteiger partial charge on any atom is -0.496 e. The third kappa shape index (κ3) is 3.58. The first kappa shape index (κ1) is 20.5. The van der Waals surface area contributed by atoms with E-state index >= 15 is 0 Å². The summed E-state index contributed by atoms with van der Waals surface area (Å²) in [7, 11) is 1.70. The summed E-state index contributed by atoms with van der Waals surface area (Å²) in [4.78, 5) is 13.4. The Bertz CT molecular complexity index is 675. The lowest BCUT2D eigenvalue weighted by Crippen LogP contribution is -2.59. The van der Waals surface area contributed by atoms with E-state index in [1.54, 1.807) is 7.11 Å². The topological polar surface area (TPSA) is 64.3 Å². The molecular weight excluding hydrogens is 360 g/mol. The number of nitrogens with one attached hydrogen (secondary N) is 1. The van der Waals surface area contributed by atoms with E-state index in [4.69, 9.17) is 10.5 Å². The molecule has 0 heterocycles. The zero-order valence-electron chi connectivity index (χ0n) is 16.5.